The highest BCUT2D eigenvalue weighted by Crippen LogP contribution is 2.15. The highest BCUT2D eigenvalue weighted by atomic mass is 16.3. The van der Waals surface area contributed by atoms with E-state index in [1.165, 1.54) is 50.8 Å². The van der Waals surface area contributed by atoms with Gasteiger partial charge in [0.25, 0.3) is 0 Å². The van der Waals surface area contributed by atoms with Crippen LogP contribution < -0.4 is 5.32 Å². The monoisotopic (exact) mass is 278 g/mol. The average Bonchev–Trinajstić information content (AvgIpc) is 2.80. The molecule has 1 aromatic heterocycles. The lowest BCUT2D eigenvalue weighted by molar-refractivity contribution is 0.222. The third-order valence-corrected chi connectivity index (χ3v) is 3.92. The lowest BCUT2D eigenvalue weighted by atomic mass is 10.1. The Labute approximate surface area is 123 Å². The van der Waals surface area contributed by atoms with Gasteiger partial charge >= 0.3 is 0 Å². The fourth-order valence-electron chi connectivity index (χ4n) is 2.80. The molecule has 2 heterocycles. The van der Waals surface area contributed by atoms with Crippen LogP contribution in [0.2, 0.25) is 0 Å². The third kappa shape index (κ3) is 5.68. The van der Waals surface area contributed by atoms with E-state index in [1.807, 2.05) is 6.26 Å². The van der Waals surface area contributed by atoms with Gasteiger partial charge in [-0.25, -0.2) is 0 Å². The van der Waals surface area contributed by atoms with Crippen LogP contribution in [-0.2, 0) is 13.1 Å². The van der Waals surface area contributed by atoms with E-state index in [0.717, 1.165) is 25.4 Å². The molecular formula is C17H30N2O. The summed E-state index contributed by atoms with van der Waals surface area (Å²) < 4.78 is 5.72. The Morgan fingerprint density at radius 1 is 1.15 bits per heavy atom. The van der Waals surface area contributed by atoms with Crippen molar-refractivity contribution in [3.63, 3.8) is 0 Å². The number of hydrogen-bond donors (Lipinski definition) is 1. The number of hydrogen-bond acceptors (Lipinski definition) is 3. The third-order valence-electron chi connectivity index (χ3n) is 3.92. The minimum Gasteiger partial charge on any atom is -0.468 e. The van der Waals surface area contributed by atoms with Crippen LogP contribution in [0.1, 0.15) is 57.3 Å². The zero-order valence-corrected chi connectivity index (χ0v) is 13.2. The Morgan fingerprint density at radius 3 is 2.55 bits per heavy atom. The van der Waals surface area contributed by atoms with Gasteiger partial charge in [-0.15, -0.1) is 0 Å². The Bertz CT molecular complexity index is 365. The summed E-state index contributed by atoms with van der Waals surface area (Å²) in [4.78, 5) is 2.54. The van der Waals surface area contributed by atoms with Crippen LogP contribution in [0.4, 0.5) is 0 Å². The molecule has 2 rings (SSSR count). The summed E-state index contributed by atoms with van der Waals surface area (Å²) in [6.07, 6.45) is 8.78. The van der Waals surface area contributed by atoms with Crippen molar-refractivity contribution in [2.45, 2.75) is 59.0 Å². The van der Waals surface area contributed by atoms with Gasteiger partial charge in [0.05, 0.1) is 12.8 Å². The normalized spacial score (nSPS) is 18.1. The smallest absolute Gasteiger partial charge is 0.118 e. The Balaban J connectivity index is 1.76. The second-order valence-corrected chi connectivity index (χ2v) is 6.49. The molecule has 3 heteroatoms. The maximum atomic E-state index is 5.72. The number of rotatable bonds is 6. The molecular weight excluding hydrogens is 248 g/mol. The van der Waals surface area contributed by atoms with Crippen molar-refractivity contribution in [3.05, 3.63) is 23.7 Å². The van der Waals surface area contributed by atoms with Crippen LogP contribution in [0.5, 0.6) is 0 Å². The fourth-order valence-corrected chi connectivity index (χ4v) is 2.80. The van der Waals surface area contributed by atoms with Crippen LogP contribution in [0, 0.1) is 5.92 Å². The van der Waals surface area contributed by atoms with Crippen LogP contribution in [0.15, 0.2) is 16.7 Å². The molecule has 3 nitrogen and oxygen atoms in total. The van der Waals surface area contributed by atoms with Crippen molar-refractivity contribution in [3.8, 4) is 0 Å². The molecule has 0 radical (unpaired) electrons. The first-order valence-electron chi connectivity index (χ1n) is 8.23. The Kier molecular flexibility index (Phi) is 6.61. The summed E-state index contributed by atoms with van der Waals surface area (Å²) in [6, 6.07) is 2.21. The van der Waals surface area contributed by atoms with Gasteiger partial charge in [0.1, 0.15) is 5.76 Å². The van der Waals surface area contributed by atoms with Gasteiger partial charge in [-0.1, -0.05) is 33.1 Å². The lowest BCUT2D eigenvalue weighted by Crippen LogP contribution is -2.26. The molecule has 1 aliphatic rings. The standard InChI is InChI=1S/C17H30N2O/c1-15(2)11-18-12-16-10-17(20-14-16)13-19-8-6-4-3-5-7-9-19/h10,14-15,18H,3-9,11-13H2,1-2H3. The lowest BCUT2D eigenvalue weighted by Gasteiger charge is -2.23. The molecule has 0 spiro atoms. The van der Waals surface area contributed by atoms with E-state index >= 15 is 0 Å². The minimum absolute atomic E-state index is 0.697. The fraction of sp³-hybridized carbons (Fsp3) is 0.765. The highest BCUT2D eigenvalue weighted by molar-refractivity contribution is 5.12. The first kappa shape index (κ1) is 15.6. The largest absolute Gasteiger partial charge is 0.468 e. The molecule has 0 unspecified atom stereocenters. The van der Waals surface area contributed by atoms with Gasteiger partial charge < -0.3 is 9.73 Å². The molecule has 1 N–H and O–H groups in total. The van der Waals surface area contributed by atoms with E-state index in [4.69, 9.17) is 4.42 Å². The molecule has 0 bridgehead atoms. The van der Waals surface area contributed by atoms with Crippen LogP contribution >= 0.6 is 0 Å². The predicted molar refractivity (Wildman–Crippen MR) is 83.6 cm³/mol. The van der Waals surface area contributed by atoms with E-state index in [9.17, 15) is 0 Å². The molecule has 0 saturated carbocycles. The Morgan fingerprint density at radius 2 is 1.85 bits per heavy atom. The van der Waals surface area contributed by atoms with E-state index in [2.05, 4.69) is 30.1 Å². The van der Waals surface area contributed by atoms with Crippen molar-refractivity contribution in [1.82, 2.24) is 10.2 Å². The summed E-state index contributed by atoms with van der Waals surface area (Å²) in [5, 5.41) is 3.46. The molecule has 20 heavy (non-hydrogen) atoms. The topological polar surface area (TPSA) is 28.4 Å². The summed E-state index contributed by atoms with van der Waals surface area (Å²) in [5.74, 6) is 1.81. The van der Waals surface area contributed by atoms with Gasteiger partial charge in [-0.2, -0.15) is 0 Å². The molecule has 1 aromatic rings. The van der Waals surface area contributed by atoms with Gasteiger partial charge in [-0.05, 0) is 44.5 Å². The number of nitrogens with zero attached hydrogens (tertiary/aromatic N) is 1. The number of furan rings is 1. The summed E-state index contributed by atoms with van der Waals surface area (Å²) in [6.45, 7) is 9.87. The highest BCUT2D eigenvalue weighted by Gasteiger charge is 2.11. The molecule has 1 saturated heterocycles. The van der Waals surface area contributed by atoms with Crippen LogP contribution in [0.25, 0.3) is 0 Å². The molecule has 1 fully saturated rings. The van der Waals surface area contributed by atoms with Crippen molar-refractivity contribution in [1.29, 1.82) is 0 Å². The summed E-state index contributed by atoms with van der Waals surface area (Å²) >= 11 is 0. The average molecular weight is 278 g/mol. The van der Waals surface area contributed by atoms with Crippen molar-refractivity contribution in [2.75, 3.05) is 19.6 Å². The predicted octanol–water partition coefficient (Wildman–Crippen LogP) is 3.79. The number of nitrogens with one attached hydrogen (secondary N) is 1. The van der Waals surface area contributed by atoms with Crippen LogP contribution in [-0.4, -0.2) is 24.5 Å². The summed E-state index contributed by atoms with van der Waals surface area (Å²) in [7, 11) is 0. The molecule has 0 atom stereocenters. The maximum absolute atomic E-state index is 5.72. The van der Waals surface area contributed by atoms with E-state index in [1.54, 1.807) is 0 Å². The maximum Gasteiger partial charge on any atom is 0.118 e. The summed E-state index contributed by atoms with van der Waals surface area (Å²) in [5.41, 5.74) is 1.27. The van der Waals surface area contributed by atoms with E-state index < -0.39 is 0 Å². The Hall–Kier alpha value is -0.800. The first-order valence-corrected chi connectivity index (χ1v) is 8.23. The molecule has 114 valence electrons. The second kappa shape index (κ2) is 8.48. The second-order valence-electron chi connectivity index (χ2n) is 6.49. The molecule has 0 amide bonds. The van der Waals surface area contributed by atoms with Crippen LogP contribution in [0.3, 0.4) is 0 Å². The van der Waals surface area contributed by atoms with Gasteiger partial charge in [0, 0.05) is 12.1 Å². The molecule has 0 aliphatic carbocycles. The quantitative estimate of drug-likeness (QED) is 0.858. The van der Waals surface area contributed by atoms with Crippen molar-refractivity contribution >= 4 is 0 Å². The minimum atomic E-state index is 0.697. The van der Waals surface area contributed by atoms with Gasteiger partial charge in [0.2, 0.25) is 0 Å². The van der Waals surface area contributed by atoms with E-state index in [0.29, 0.717) is 5.92 Å². The van der Waals surface area contributed by atoms with Crippen molar-refractivity contribution < 1.29 is 4.42 Å². The molecule has 0 aromatic carbocycles. The van der Waals surface area contributed by atoms with Crippen molar-refractivity contribution in [2.24, 2.45) is 5.92 Å². The van der Waals surface area contributed by atoms with E-state index in [-0.39, 0.29) is 0 Å². The first-order chi connectivity index (χ1) is 9.74. The zero-order valence-electron chi connectivity index (χ0n) is 13.2. The van der Waals surface area contributed by atoms with Gasteiger partial charge in [-0.3, -0.25) is 4.90 Å². The molecule has 1 aliphatic heterocycles. The number of likely N-dealkylation sites (tertiary alicyclic amines) is 1. The SMILES string of the molecule is CC(C)CNCc1coc(CN2CCCCCCC2)c1. The van der Waals surface area contributed by atoms with Gasteiger partial charge in [0.15, 0.2) is 0 Å². The zero-order chi connectivity index (χ0) is 14.2.